The normalized spacial score (nSPS) is 10.2. The lowest BCUT2D eigenvalue weighted by molar-refractivity contribution is 0.0927. The second kappa shape index (κ2) is 8.84. The highest BCUT2D eigenvalue weighted by atomic mass is 19.1. The first kappa shape index (κ1) is 19.2. The van der Waals surface area contributed by atoms with Gasteiger partial charge < -0.3 is 20.1 Å². The summed E-state index contributed by atoms with van der Waals surface area (Å²) in [5, 5.41) is 5.32. The highest BCUT2D eigenvalue weighted by Crippen LogP contribution is 2.27. The van der Waals surface area contributed by atoms with Crippen molar-refractivity contribution in [1.29, 1.82) is 0 Å². The second-order valence-corrected chi connectivity index (χ2v) is 5.55. The summed E-state index contributed by atoms with van der Waals surface area (Å²) in [6.07, 6.45) is 0. The van der Waals surface area contributed by atoms with E-state index < -0.39 is 11.7 Å². The number of hydrogen-bond donors (Lipinski definition) is 2. The number of carbonyl (C=O) groups is 2. The first-order valence-electron chi connectivity index (χ1n) is 8.01. The predicted molar refractivity (Wildman–Crippen MR) is 95.3 cm³/mol. The molecule has 2 aromatic rings. The zero-order chi connectivity index (χ0) is 19.1. The average molecular weight is 360 g/mol. The Labute approximate surface area is 151 Å². The standard InChI is InChI=1S/C19H21FN2O4/c1-12-4-5-13(10-15(12)20)18(23)21-8-9-22-19(24)14-6-7-16(25-2)17(11-14)26-3/h4-7,10-11H,8-9H2,1-3H3,(H,21,23)(H,22,24). The summed E-state index contributed by atoms with van der Waals surface area (Å²) in [7, 11) is 3.00. The number of nitrogens with one attached hydrogen (secondary N) is 2. The van der Waals surface area contributed by atoms with Gasteiger partial charge in [-0.1, -0.05) is 6.07 Å². The fourth-order valence-electron chi connectivity index (χ4n) is 2.27. The van der Waals surface area contributed by atoms with Gasteiger partial charge in [-0.15, -0.1) is 0 Å². The second-order valence-electron chi connectivity index (χ2n) is 5.55. The van der Waals surface area contributed by atoms with Crippen molar-refractivity contribution in [1.82, 2.24) is 10.6 Å². The van der Waals surface area contributed by atoms with E-state index in [4.69, 9.17) is 9.47 Å². The van der Waals surface area contributed by atoms with Gasteiger partial charge in [-0.05, 0) is 42.8 Å². The van der Waals surface area contributed by atoms with Gasteiger partial charge in [0.25, 0.3) is 11.8 Å². The van der Waals surface area contributed by atoms with Crippen molar-refractivity contribution in [3.63, 3.8) is 0 Å². The number of benzene rings is 2. The van der Waals surface area contributed by atoms with E-state index in [1.54, 1.807) is 37.3 Å². The molecule has 0 aliphatic rings. The lowest BCUT2D eigenvalue weighted by Crippen LogP contribution is -2.34. The SMILES string of the molecule is COc1ccc(C(=O)NCCNC(=O)c2ccc(C)c(F)c2)cc1OC. The van der Waals surface area contributed by atoms with Gasteiger partial charge in [0, 0.05) is 24.2 Å². The number of ether oxygens (including phenoxy) is 2. The first-order valence-corrected chi connectivity index (χ1v) is 8.01. The van der Waals surface area contributed by atoms with Crippen molar-refractivity contribution in [2.24, 2.45) is 0 Å². The molecule has 0 saturated carbocycles. The van der Waals surface area contributed by atoms with E-state index in [1.807, 2.05) is 0 Å². The van der Waals surface area contributed by atoms with E-state index in [-0.39, 0.29) is 24.6 Å². The minimum absolute atomic E-state index is 0.216. The first-order chi connectivity index (χ1) is 12.5. The van der Waals surface area contributed by atoms with E-state index in [2.05, 4.69) is 10.6 Å². The maximum absolute atomic E-state index is 13.5. The number of halogens is 1. The highest BCUT2D eigenvalue weighted by molar-refractivity contribution is 5.95. The van der Waals surface area contributed by atoms with Gasteiger partial charge in [0.1, 0.15) is 5.82 Å². The Hall–Kier alpha value is -3.09. The maximum atomic E-state index is 13.5. The molecule has 26 heavy (non-hydrogen) atoms. The van der Waals surface area contributed by atoms with E-state index in [1.165, 1.54) is 20.3 Å². The molecule has 2 aromatic carbocycles. The number of hydrogen-bond acceptors (Lipinski definition) is 4. The van der Waals surface area contributed by atoms with E-state index in [0.29, 0.717) is 22.6 Å². The molecule has 0 bridgehead atoms. The molecular weight excluding hydrogens is 339 g/mol. The van der Waals surface area contributed by atoms with Crippen LogP contribution in [0.1, 0.15) is 26.3 Å². The largest absolute Gasteiger partial charge is 0.493 e. The summed E-state index contributed by atoms with van der Waals surface area (Å²) in [6, 6.07) is 9.11. The molecule has 2 amide bonds. The summed E-state index contributed by atoms with van der Waals surface area (Å²) >= 11 is 0. The molecule has 0 aromatic heterocycles. The monoisotopic (exact) mass is 360 g/mol. The van der Waals surface area contributed by atoms with Crippen molar-refractivity contribution in [2.45, 2.75) is 6.92 Å². The van der Waals surface area contributed by atoms with Gasteiger partial charge in [-0.3, -0.25) is 9.59 Å². The van der Waals surface area contributed by atoms with Crippen LogP contribution in [-0.2, 0) is 0 Å². The zero-order valence-electron chi connectivity index (χ0n) is 14.9. The highest BCUT2D eigenvalue weighted by Gasteiger charge is 2.11. The molecule has 0 aliphatic heterocycles. The van der Waals surface area contributed by atoms with E-state index >= 15 is 0 Å². The molecule has 0 spiro atoms. The van der Waals surface area contributed by atoms with Crippen LogP contribution in [0.3, 0.4) is 0 Å². The minimum atomic E-state index is -0.431. The van der Waals surface area contributed by atoms with Gasteiger partial charge in [-0.2, -0.15) is 0 Å². The van der Waals surface area contributed by atoms with Crippen molar-refractivity contribution < 1.29 is 23.5 Å². The summed E-state index contributed by atoms with van der Waals surface area (Å²) in [5.74, 6) is -0.151. The third kappa shape index (κ3) is 4.72. The number of aryl methyl sites for hydroxylation is 1. The summed E-state index contributed by atoms with van der Waals surface area (Å²) in [4.78, 5) is 24.1. The van der Waals surface area contributed by atoms with Crippen molar-refractivity contribution in [3.05, 3.63) is 58.9 Å². The molecule has 0 atom stereocenters. The van der Waals surface area contributed by atoms with Gasteiger partial charge in [0.05, 0.1) is 14.2 Å². The Morgan fingerprint density at radius 2 is 1.42 bits per heavy atom. The molecule has 0 fully saturated rings. The maximum Gasteiger partial charge on any atom is 0.251 e. The number of rotatable bonds is 7. The van der Waals surface area contributed by atoms with Crippen LogP contribution in [0.25, 0.3) is 0 Å². The Morgan fingerprint density at radius 3 is 1.96 bits per heavy atom. The molecule has 0 unspecified atom stereocenters. The van der Waals surface area contributed by atoms with Crippen molar-refractivity contribution >= 4 is 11.8 Å². The van der Waals surface area contributed by atoms with Crippen LogP contribution in [0.2, 0.25) is 0 Å². The summed E-state index contributed by atoms with van der Waals surface area (Å²) in [5.41, 5.74) is 1.12. The molecule has 7 heteroatoms. The van der Waals surface area contributed by atoms with Crippen molar-refractivity contribution in [3.8, 4) is 11.5 Å². The number of methoxy groups -OCH3 is 2. The van der Waals surface area contributed by atoms with E-state index in [0.717, 1.165) is 0 Å². The van der Waals surface area contributed by atoms with Crippen LogP contribution < -0.4 is 20.1 Å². The number of amides is 2. The fraction of sp³-hybridized carbons (Fsp3) is 0.263. The summed E-state index contributed by atoms with van der Waals surface area (Å²) in [6.45, 7) is 2.07. The lowest BCUT2D eigenvalue weighted by atomic mass is 10.1. The molecule has 0 aliphatic carbocycles. The van der Waals surface area contributed by atoms with Crippen LogP contribution in [0, 0.1) is 12.7 Å². The van der Waals surface area contributed by atoms with Gasteiger partial charge in [0.15, 0.2) is 11.5 Å². The predicted octanol–water partition coefficient (Wildman–Crippen LogP) is 2.31. The minimum Gasteiger partial charge on any atom is -0.493 e. The van der Waals surface area contributed by atoms with Crippen LogP contribution in [0.5, 0.6) is 11.5 Å². The van der Waals surface area contributed by atoms with Gasteiger partial charge in [0.2, 0.25) is 0 Å². The van der Waals surface area contributed by atoms with Crippen LogP contribution in [0.4, 0.5) is 4.39 Å². The third-order valence-electron chi connectivity index (χ3n) is 3.78. The van der Waals surface area contributed by atoms with Crippen LogP contribution in [0.15, 0.2) is 36.4 Å². The van der Waals surface area contributed by atoms with Crippen LogP contribution in [-0.4, -0.2) is 39.1 Å². The van der Waals surface area contributed by atoms with Crippen LogP contribution >= 0.6 is 0 Å². The fourth-order valence-corrected chi connectivity index (χ4v) is 2.27. The van der Waals surface area contributed by atoms with Gasteiger partial charge >= 0.3 is 0 Å². The topological polar surface area (TPSA) is 76.7 Å². The molecule has 138 valence electrons. The number of carbonyl (C=O) groups excluding carboxylic acids is 2. The summed E-state index contributed by atoms with van der Waals surface area (Å²) < 4.78 is 23.8. The third-order valence-corrected chi connectivity index (χ3v) is 3.78. The lowest BCUT2D eigenvalue weighted by Gasteiger charge is -2.10. The Kier molecular flexibility index (Phi) is 6.54. The molecular formula is C19H21FN2O4. The Morgan fingerprint density at radius 1 is 0.885 bits per heavy atom. The zero-order valence-corrected chi connectivity index (χ0v) is 14.9. The molecule has 2 N–H and O–H groups in total. The molecule has 2 rings (SSSR count). The Bertz CT molecular complexity index is 808. The van der Waals surface area contributed by atoms with Gasteiger partial charge in [-0.25, -0.2) is 4.39 Å². The van der Waals surface area contributed by atoms with Crippen molar-refractivity contribution in [2.75, 3.05) is 27.3 Å². The average Bonchev–Trinajstić information content (AvgIpc) is 2.66. The quantitative estimate of drug-likeness (QED) is 0.743. The molecule has 0 radical (unpaired) electrons. The Balaban J connectivity index is 1.84. The molecule has 0 saturated heterocycles. The molecule has 0 heterocycles. The van der Waals surface area contributed by atoms with E-state index in [9.17, 15) is 14.0 Å². The smallest absolute Gasteiger partial charge is 0.251 e. The molecule has 6 nitrogen and oxygen atoms in total.